The first-order valence-electron chi connectivity index (χ1n) is 6.41. The zero-order valence-electron chi connectivity index (χ0n) is 11.3. The first-order valence-corrected chi connectivity index (χ1v) is 6.41. The Kier molecular flexibility index (Phi) is 3.71. The minimum Gasteiger partial charge on any atom is -0.469 e. The van der Waals surface area contributed by atoms with Crippen molar-refractivity contribution in [2.45, 2.75) is 20.4 Å². The topological polar surface area (TPSA) is 29.5 Å². The summed E-state index contributed by atoms with van der Waals surface area (Å²) >= 11 is 0. The predicted molar refractivity (Wildman–Crippen MR) is 71.0 cm³/mol. The summed E-state index contributed by atoms with van der Waals surface area (Å²) in [4.78, 5) is 14.2. The van der Waals surface area contributed by atoms with E-state index in [1.807, 2.05) is 25.1 Å². The van der Waals surface area contributed by atoms with Gasteiger partial charge in [-0.25, -0.2) is 0 Å². The van der Waals surface area contributed by atoms with E-state index in [-0.39, 0.29) is 11.4 Å². The van der Waals surface area contributed by atoms with Gasteiger partial charge < -0.3 is 4.74 Å². The van der Waals surface area contributed by atoms with Gasteiger partial charge in [0, 0.05) is 19.6 Å². The number of hydrogen-bond acceptors (Lipinski definition) is 3. The first-order chi connectivity index (χ1) is 8.56. The summed E-state index contributed by atoms with van der Waals surface area (Å²) in [5.41, 5.74) is 0.919. The van der Waals surface area contributed by atoms with Crippen molar-refractivity contribution in [3.8, 4) is 0 Å². The second-order valence-corrected chi connectivity index (χ2v) is 5.47. The van der Waals surface area contributed by atoms with Crippen LogP contribution in [-0.2, 0) is 16.1 Å². The molecule has 0 bridgehead atoms. The van der Waals surface area contributed by atoms with Crippen LogP contribution in [0.4, 0.5) is 0 Å². The van der Waals surface area contributed by atoms with Crippen LogP contribution < -0.4 is 0 Å². The molecule has 1 aromatic rings. The van der Waals surface area contributed by atoms with Crippen LogP contribution in [0.25, 0.3) is 0 Å². The Bertz CT molecular complexity index is 418. The molecule has 0 radical (unpaired) electrons. The molecule has 1 fully saturated rings. The number of nitrogens with zero attached hydrogens (tertiary/aromatic N) is 1. The Hall–Kier alpha value is -1.35. The SMILES string of the molecule is COC(=O)[C@]1(C)CN(Cc2ccccc2)C[C@@H]1C. The number of benzene rings is 1. The molecule has 1 heterocycles. The van der Waals surface area contributed by atoms with Crippen molar-refractivity contribution in [1.29, 1.82) is 0 Å². The number of carbonyl (C=O) groups is 1. The average Bonchev–Trinajstić information content (AvgIpc) is 2.66. The molecule has 0 aromatic heterocycles. The lowest BCUT2D eigenvalue weighted by atomic mass is 9.81. The van der Waals surface area contributed by atoms with E-state index in [1.54, 1.807) is 0 Å². The Morgan fingerprint density at radius 3 is 2.72 bits per heavy atom. The maximum absolute atomic E-state index is 11.9. The molecule has 0 N–H and O–H groups in total. The highest BCUT2D eigenvalue weighted by Crippen LogP contribution is 2.37. The third-order valence-electron chi connectivity index (χ3n) is 4.07. The highest BCUT2D eigenvalue weighted by molar-refractivity contribution is 5.77. The summed E-state index contributed by atoms with van der Waals surface area (Å²) < 4.78 is 4.94. The van der Waals surface area contributed by atoms with Crippen LogP contribution in [0, 0.1) is 11.3 Å². The third-order valence-corrected chi connectivity index (χ3v) is 4.07. The van der Waals surface area contributed by atoms with Crippen molar-refractivity contribution in [2.75, 3.05) is 20.2 Å². The zero-order valence-corrected chi connectivity index (χ0v) is 11.3. The van der Waals surface area contributed by atoms with Crippen molar-refractivity contribution in [3.05, 3.63) is 35.9 Å². The largest absolute Gasteiger partial charge is 0.469 e. The van der Waals surface area contributed by atoms with Crippen molar-refractivity contribution in [2.24, 2.45) is 11.3 Å². The molecule has 1 aromatic carbocycles. The van der Waals surface area contributed by atoms with E-state index in [0.717, 1.165) is 19.6 Å². The van der Waals surface area contributed by atoms with E-state index in [1.165, 1.54) is 12.7 Å². The Morgan fingerprint density at radius 2 is 2.11 bits per heavy atom. The van der Waals surface area contributed by atoms with Gasteiger partial charge in [0.25, 0.3) is 0 Å². The third kappa shape index (κ3) is 2.41. The quantitative estimate of drug-likeness (QED) is 0.768. The van der Waals surface area contributed by atoms with Gasteiger partial charge in [-0.05, 0) is 18.4 Å². The van der Waals surface area contributed by atoms with E-state index in [9.17, 15) is 4.79 Å². The van der Waals surface area contributed by atoms with Crippen LogP contribution in [0.5, 0.6) is 0 Å². The minimum atomic E-state index is -0.371. The lowest BCUT2D eigenvalue weighted by Crippen LogP contribution is -2.36. The van der Waals surface area contributed by atoms with Gasteiger partial charge in [0.1, 0.15) is 0 Å². The van der Waals surface area contributed by atoms with E-state index >= 15 is 0 Å². The van der Waals surface area contributed by atoms with Gasteiger partial charge in [-0.15, -0.1) is 0 Å². The molecule has 18 heavy (non-hydrogen) atoms. The summed E-state index contributed by atoms with van der Waals surface area (Å²) in [6.45, 7) is 6.75. The number of likely N-dealkylation sites (tertiary alicyclic amines) is 1. The lowest BCUT2D eigenvalue weighted by Gasteiger charge is -2.25. The molecule has 1 aliphatic rings. The molecule has 0 aliphatic carbocycles. The molecule has 98 valence electrons. The van der Waals surface area contributed by atoms with Gasteiger partial charge in [0.15, 0.2) is 0 Å². The van der Waals surface area contributed by atoms with Gasteiger partial charge in [-0.1, -0.05) is 37.3 Å². The van der Waals surface area contributed by atoms with Crippen molar-refractivity contribution >= 4 is 5.97 Å². The fourth-order valence-corrected chi connectivity index (χ4v) is 2.73. The van der Waals surface area contributed by atoms with Gasteiger partial charge >= 0.3 is 5.97 Å². The van der Waals surface area contributed by atoms with Gasteiger partial charge in [0.05, 0.1) is 12.5 Å². The van der Waals surface area contributed by atoms with Crippen LogP contribution in [-0.4, -0.2) is 31.1 Å². The predicted octanol–water partition coefficient (Wildman–Crippen LogP) is 2.32. The smallest absolute Gasteiger partial charge is 0.313 e. The van der Waals surface area contributed by atoms with Crippen molar-refractivity contribution in [1.82, 2.24) is 4.90 Å². The van der Waals surface area contributed by atoms with Gasteiger partial charge in [-0.3, -0.25) is 9.69 Å². The molecule has 2 atom stereocenters. The fraction of sp³-hybridized carbons (Fsp3) is 0.533. The molecule has 0 spiro atoms. The maximum Gasteiger partial charge on any atom is 0.313 e. The number of carbonyl (C=O) groups excluding carboxylic acids is 1. The van der Waals surface area contributed by atoms with E-state index in [0.29, 0.717) is 5.92 Å². The van der Waals surface area contributed by atoms with Crippen LogP contribution in [0.3, 0.4) is 0 Å². The van der Waals surface area contributed by atoms with Crippen LogP contribution in [0.15, 0.2) is 30.3 Å². The zero-order chi connectivity index (χ0) is 13.2. The van der Waals surface area contributed by atoms with Crippen LogP contribution in [0.1, 0.15) is 19.4 Å². The number of rotatable bonds is 3. The number of esters is 1. The molecule has 0 amide bonds. The molecule has 3 nitrogen and oxygen atoms in total. The molecule has 0 unspecified atom stereocenters. The summed E-state index contributed by atoms with van der Waals surface area (Å²) in [5, 5.41) is 0. The second kappa shape index (κ2) is 5.11. The van der Waals surface area contributed by atoms with Gasteiger partial charge in [-0.2, -0.15) is 0 Å². The Labute approximate surface area is 109 Å². The normalized spacial score (nSPS) is 28.3. The van der Waals surface area contributed by atoms with Gasteiger partial charge in [0.2, 0.25) is 0 Å². The lowest BCUT2D eigenvalue weighted by molar-refractivity contribution is -0.152. The minimum absolute atomic E-state index is 0.0921. The molecule has 1 aliphatic heterocycles. The van der Waals surface area contributed by atoms with Crippen molar-refractivity contribution in [3.63, 3.8) is 0 Å². The Balaban J connectivity index is 2.05. The molecule has 2 rings (SSSR count). The van der Waals surface area contributed by atoms with Crippen molar-refractivity contribution < 1.29 is 9.53 Å². The van der Waals surface area contributed by atoms with E-state index < -0.39 is 0 Å². The highest BCUT2D eigenvalue weighted by atomic mass is 16.5. The standard InChI is InChI=1S/C15H21NO2/c1-12-9-16(10-13-7-5-4-6-8-13)11-15(12,2)14(17)18-3/h4-8,12H,9-11H2,1-3H3/t12-,15+/m0/s1. The number of hydrogen-bond donors (Lipinski definition) is 0. The summed E-state index contributed by atoms with van der Waals surface area (Å²) in [7, 11) is 1.47. The Morgan fingerprint density at radius 1 is 1.44 bits per heavy atom. The number of methoxy groups -OCH3 is 1. The maximum atomic E-state index is 11.9. The summed E-state index contributed by atoms with van der Waals surface area (Å²) in [5.74, 6) is 0.235. The molecular weight excluding hydrogens is 226 g/mol. The molecule has 3 heteroatoms. The average molecular weight is 247 g/mol. The summed E-state index contributed by atoms with van der Waals surface area (Å²) in [6, 6.07) is 10.4. The first kappa shape index (κ1) is 13.1. The summed E-state index contributed by atoms with van der Waals surface area (Å²) in [6.07, 6.45) is 0. The molecule has 1 saturated heterocycles. The van der Waals surface area contributed by atoms with Crippen LogP contribution in [0.2, 0.25) is 0 Å². The molecular formula is C15H21NO2. The highest BCUT2D eigenvalue weighted by Gasteiger charge is 2.46. The molecule has 0 saturated carbocycles. The second-order valence-electron chi connectivity index (χ2n) is 5.47. The number of ether oxygens (including phenoxy) is 1. The van der Waals surface area contributed by atoms with E-state index in [2.05, 4.69) is 24.0 Å². The van der Waals surface area contributed by atoms with Crippen LogP contribution >= 0.6 is 0 Å². The fourth-order valence-electron chi connectivity index (χ4n) is 2.73. The monoisotopic (exact) mass is 247 g/mol. The van der Waals surface area contributed by atoms with E-state index in [4.69, 9.17) is 4.74 Å².